The van der Waals surface area contributed by atoms with Crippen LogP contribution < -0.4 is 0 Å². The number of nitro groups is 1. The molecule has 0 saturated carbocycles. The molecule has 9 heteroatoms. The highest BCUT2D eigenvalue weighted by atomic mass is 32.2. The number of hydrogen-bond acceptors (Lipinski definition) is 5. The average Bonchev–Trinajstić information content (AvgIpc) is 2.27. The van der Waals surface area contributed by atoms with E-state index in [1.807, 2.05) is 0 Å². The van der Waals surface area contributed by atoms with Gasteiger partial charge in [-0.15, -0.1) is 0 Å². The summed E-state index contributed by atoms with van der Waals surface area (Å²) in [6.45, 7) is 0. The maximum Gasteiger partial charge on any atom is 0.337 e. The lowest BCUT2D eigenvalue weighted by Crippen LogP contribution is -2.24. The van der Waals surface area contributed by atoms with E-state index in [0.717, 1.165) is 22.5 Å². The Kier molecular flexibility index (Phi) is 3.67. The number of benzene rings is 1. The van der Waals surface area contributed by atoms with Crippen LogP contribution in [0.4, 0.5) is 5.69 Å². The number of carboxylic acids is 1. The Morgan fingerprint density at radius 1 is 1.39 bits per heavy atom. The predicted molar refractivity (Wildman–Crippen MR) is 60.9 cm³/mol. The molecule has 18 heavy (non-hydrogen) atoms. The van der Waals surface area contributed by atoms with Gasteiger partial charge in [-0.2, -0.15) is 0 Å². The minimum atomic E-state index is -3.97. The molecule has 0 spiro atoms. The Balaban J connectivity index is 3.57. The molecule has 0 aliphatic carbocycles. The molecule has 0 aliphatic heterocycles. The summed E-state index contributed by atoms with van der Waals surface area (Å²) in [5.74, 6) is -1.54. The van der Waals surface area contributed by atoms with E-state index in [0.29, 0.717) is 0 Å². The Bertz CT molecular complexity index is 607. The second-order valence-corrected chi connectivity index (χ2v) is 5.65. The maximum atomic E-state index is 11.8. The first-order valence-corrected chi connectivity index (χ1v) is 6.06. The quantitative estimate of drug-likeness (QED) is 0.632. The van der Waals surface area contributed by atoms with Crippen LogP contribution in [0.25, 0.3) is 0 Å². The molecular formula is C9H10N2O6S. The first kappa shape index (κ1) is 14.1. The van der Waals surface area contributed by atoms with E-state index < -0.39 is 37.1 Å². The summed E-state index contributed by atoms with van der Waals surface area (Å²) < 4.78 is 24.5. The zero-order valence-electron chi connectivity index (χ0n) is 9.52. The largest absolute Gasteiger partial charge is 0.478 e. The Labute approximate surface area is 103 Å². The molecule has 0 fully saturated rings. The highest BCUT2D eigenvalue weighted by Gasteiger charge is 2.26. The normalized spacial score (nSPS) is 11.5. The fraction of sp³-hybridized carbons (Fsp3) is 0.222. The van der Waals surface area contributed by atoms with Crippen molar-refractivity contribution in [3.63, 3.8) is 0 Å². The van der Waals surface area contributed by atoms with Gasteiger partial charge in [0.05, 0.1) is 15.4 Å². The van der Waals surface area contributed by atoms with Gasteiger partial charge in [0, 0.05) is 26.2 Å². The van der Waals surface area contributed by atoms with E-state index in [1.54, 1.807) is 0 Å². The molecule has 1 aromatic carbocycles. The van der Waals surface area contributed by atoms with Crippen LogP contribution >= 0.6 is 0 Å². The van der Waals surface area contributed by atoms with E-state index in [4.69, 9.17) is 5.11 Å². The molecule has 0 amide bonds. The van der Waals surface area contributed by atoms with Crippen LogP contribution in [0.15, 0.2) is 23.1 Å². The number of carbonyl (C=O) groups is 1. The molecule has 0 bridgehead atoms. The number of carboxylic acid groups (broad SMARTS) is 1. The van der Waals surface area contributed by atoms with Crippen molar-refractivity contribution in [3.8, 4) is 0 Å². The second kappa shape index (κ2) is 4.70. The van der Waals surface area contributed by atoms with Gasteiger partial charge in [-0.05, 0) is 6.07 Å². The van der Waals surface area contributed by atoms with Crippen molar-refractivity contribution >= 4 is 21.7 Å². The first-order chi connectivity index (χ1) is 8.17. The smallest absolute Gasteiger partial charge is 0.337 e. The standard InChI is InChI=1S/C9H10N2O6S/c1-10(2)18(16,17)8-4-3-6(11(14)15)5-7(8)9(12)13/h3-5H,1-2H3,(H,12,13). The van der Waals surface area contributed by atoms with Crippen LogP contribution in [0.1, 0.15) is 10.4 Å². The Morgan fingerprint density at radius 3 is 2.33 bits per heavy atom. The Morgan fingerprint density at radius 2 is 1.94 bits per heavy atom. The minimum Gasteiger partial charge on any atom is -0.478 e. The summed E-state index contributed by atoms with van der Waals surface area (Å²) in [6.07, 6.45) is 0. The van der Waals surface area contributed by atoms with Crippen LogP contribution in [0.3, 0.4) is 0 Å². The van der Waals surface area contributed by atoms with Crippen molar-refractivity contribution in [2.75, 3.05) is 14.1 Å². The maximum absolute atomic E-state index is 11.8. The number of hydrogen-bond donors (Lipinski definition) is 1. The molecule has 8 nitrogen and oxygen atoms in total. The predicted octanol–water partition coefficient (Wildman–Crippen LogP) is 0.543. The summed E-state index contributed by atoms with van der Waals surface area (Å²) in [4.78, 5) is 20.2. The molecule has 0 saturated heterocycles. The molecule has 0 radical (unpaired) electrons. The molecule has 0 heterocycles. The van der Waals surface area contributed by atoms with Gasteiger partial charge < -0.3 is 5.11 Å². The van der Waals surface area contributed by atoms with E-state index in [-0.39, 0.29) is 0 Å². The van der Waals surface area contributed by atoms with Crippen LogP contribution in [0, 0.1) is 10.1 Å². The van der Waals surface area contributed by atoms with E-state index in [2.05, 4.69) is 0 Å². The van der Waals surface area contributed by atoms with Crippen LogP contribution in [0.5, 0.6) is 0 Å². The van der Waals surface area contributed by atoms with Crippen LogP contribution in [-0.4, -0.2) is 42.8 Å². The number of aromatic carboxylic acids is 1. The molecule has 0 atom stereocenters. The molecular weight excluding hydrogens is 264 g/mol. The molecule has 1 rings (SSSR count). The molecule has 0 aliphatic rings. The van der Waals surface area contributed by atoms with Crippen LogP contribution in [-0.2, 0) is 10.0 Å². The number of rotatable bonds is 4. The fourth-order valence-corrected chi connectivity index (χ4v) is 2.28. The third kappa shape index (κ3) is 2.46. The third-order valence-corrected chi connectivity index (χ3v) is 4.04. The lowest BCUT2D eigenvalue weighted by molar-refractivity contribution is -0.384. The van der Waals surface area contributed by atoms with Gasteiger partial charge in [0.1, 0.15) is 0 Å². The Hall–Kier alpha value is -2.00. The zero-order valence-corrected chi connectivity index (χ0v) is 10.3. The van der Waals surface area contributed by atoms with Crippen molar-refractivity contribution in [1.82, 2.24) is 4.31 Å². The van der Waals surface area contributed by atoms with Gasteiger partial charge in [0.15, 0.2) is 0 Å². The highest BCUT2D eigenvalue weighted by Crippen LogP contribution is 2.23. The first-order valence-electron chi connectivity index (χ1n) is 4.62. The lowest BCUT2D eigenvalue weighted by atomic mass is 10.2. The lowest BCUT2D eigenvalue weighted by Gasteiger charge is -2.13. The SMILES string of the molecule is CN(C)S(=O)(=O)c1ccc([N+](=O)[O-])cc1C(=O)O. The average molecular weight is 274 g/mol. The van der Waals surface area contributed by atoms with Crippen LogP contribution in [0.2, 0.25) is 0 Å². The molecule has 98 valence electrons. The fourth-order valence-electron chi connectivity index (χ4n) is 1.22. The van der Waals surface area contributed by atoms with E-state index in [1.165, 1.54) is 14.1 Å². The topological polar surface area (TPSA) is 118 Å². The van der Waals surface area contributed by atoms with Gasteiger partial charge in [0.2, 0.25) is 10.0 Å². The molecule has 1 aromatic rings. The number of sulfonamides is 1. The summed E-state index contributed by atoms with van der Waals surface area (Å²) in [7, 11) is -1.49. The van der Waals surface area contributed by atoms with Crippen molar-refractivity contribution in [3.05, 3.63) is 33.9 Å². The summed E-state index contributed by atoms with van der Waals surface area (Å²) >= 11 is 0. The van der Waals surface area contributed by atoms with E-state index >= 15 is 0 Å². The van der Waals surface area contributed by atoms with Gasteiger partial charge in [-0.3, -0.25) is 10.1 Å². The summed E-state index contributed by atoms with van der Waals surface area (Å²) in [5.41, 5.74) is -1.11. The number of nitro benzene ring substituents is 1. The van der Waals surface area contributed by atoms with E-state index in [9.17, 15) is 23.3 Å². The number of nitrogens with zero attached hydrogens (tertiary/aromatic N) is 2. The zero-order chi connectivity index (χ0) is 14.1. The van der Waals surface area contributed by atoms with Gasteiger partial charge >= 0.3 is 5.97 Å². The monoisotopic (exact) mass is 274 g/mol. The van der Waals surface area contributed by atoms with Gasteiger partial charge in [0.25, 0.3) is 5.69 Å². The van der Waals surface area contributed by atoms with Crippen molar-refractivity contribution < 1.29 is 23.2 Å². The highest BCUT2D eigenvalue weighted by molar-refractivity contribution is 7.89. The van der Waals surface area contributed by atoms with Gasteiger partial charge in [-0.1, -0.05) is 0 Å². The van der Waals surface area contributed by atoms with Crippen molar-refractivity contribution in [2.45, 2.75) is 4.90 Å². The summed E-state index contributed by atoms with van der Waals surface area (Å²) in [5, 5.41) is 19.4. The van der Waals surface area contributed by atoms with Gasteiger partial charge in [-0.25, -0.2) is 17.5 Å². The minimum absolute atomic E-state index is 0.481. The number of non-ortho nitro benzene ring substituents is 1. The molecule has 1 N–H and O–H groups in total. The van der Waals surface area contributed by atoms with Crippen molar-refractivity contribution in [2.24, 2.45) is 0 Å². The molecule has 0 aromatic heterocycles. The second-order valence-electron chi connectivity index (χ2n) is 3.53. The van der Waals surface area contributed by atoms with Crippen molar-refractivity contribution in [1.29, 1.82) is 0 Å². The summed E-state index contributed by atoms with van der Waals surface area (Å²) in [6, 6.07) is 2.58. The third-order valence-electron chi connectivity index (χ3n) is 2.16. The molecule has 0 unspecified atom stereocenters.